The Morgan fingerprint density at radius 2 is 2.04 bits per heavy atom. The minimum Gasteiger partial charge on any atom is -0.491 e. The molecule has 0 radical (unpaired) electrons. The molecule has 0 saturated carbocycles. The molecule has 2 fully saturated rings. The second-order valence-corrected chi connectivity index (χ2v) is 6.41. The van der Waals surface area contributed by atoms with E-state index in [-0.39, 0.29) is 18.5 Å². The van der Waals surface area contributed by atoms with E-state index in [1.807, 2.05) is 7.05 Å². The summed E-state index contributed by atoms with van der Waals surface area (Å²) < 4.78 is 11.4. The van der Waals surface area contributed by atoms with Crippen LogP contribution in [0.1, 0.15) is 31.2 Å². The normalized spacial score (nSPS) is 24.6. The second-order valence-electron chi connectivity index (χ2n) is 6.41. The van der Waals surface area contributed by atoms with E-state index in [0.717, 1.165) is 38.3 Å². The van der Waals surface area contributed by atoms with Gasteiger partial charge in [0.15, 0.2) is 0 Å². The van der Waals surface area contributed by atoms with Crippen molar-refractivity contribution >= 4 is 12.4 Å². The topological polar surface area (TPSA) is 33.7 Å². The molecular weight excluding hydrogens is 312 g/mol. The predicted molar refractivity (Wildman–Crippen MR) is 95.5 cm³/mol. The van der Waals surface area contributed by atoms with Crippen molar-refractivity contribution in [1.82, 2.24) is 10.2 Å². The third-order valence-electron chi connectivity index (χ3n) is 4.71. The summed E-state index contributed by atoms with van der Waals surface area (Å²) in [4.78, 5) is 2.58. The smallest absolute Gasteiger partial charge is 0.119 e. The summed E-state index contributed by atoms with van der Waals surface area (Å²) >= 11 is 0. The summed E-state index contributed by atoms with van der Waals surface area (Å²) in [6.45, 7) is 4.90. The molecule has 0 spiro atoms. The molecular formula is C18H29ClN2O2. The van der Waals surface area contributed by atoms with Gasteiger partial charge in [-0.15, -0.1) is 12.4 Å². The highest BCUT2D eigenvalue weighted by Crippen LogP contribution is 2.21. The van der Waals surface area contributed by atoms with E-state index >= 15 is 0 Å². The number of nitrogens with zero attached hydrogens (tertiary/aromatic N) is 1. The number of benzene rings is 1. The lowest BCUT2D eigenvalue weighted by Crippen LogP contribution is -2.36. The molecule has 0 aliphatic carbocycles. The zero-order valence-corrected chi connectivity index (χ0v) is 14.8. The van der Waals surface area contributed by atoms with Crippen molar-refractivity contribution in [2.75, 3.05) is 33.4 Å². The highest BCUT2D eigenvalue weighted by molar-refractivity contribution is 5.85. The number of nitrogens with one attached hydrogen (secondary N) is 1. The van der Waals surface area contributed by atoms with Crippen molar-refractivity contribution < 1.29 is 9.47 Å². The van der Waals surface area contributed by atoms with E-state index < -0.39 is 0 Å². The molecule has 2 unspecified atom stereocenters. The van der Waals surface area contributed by atoms with Gasteiger partial charge in [0, 0.05) is 25.7 Å². The molecule has 1 aromatic rings. The third-order valence-corrected chi connectivity index (χ3v) is 4.71. The number of likely N-dealkylation sites (N-methyl/N-ethyl adjacent to an activating group) is 1. The van der Waals surface area contributed by atoms with Gasteiger partial charge >= 0.3 is 0 Å². The van der Waals surface area contributed by atoms with Crippen LogP contribution in [0.5, 0.6) is 5.75 Å². The molecule has 3 rings (SSSR count). The van der Waals surface area contributed by atoms with Crippen LogP contribution in [-0.2, 0) is 11.3 Å². The molecule has 0 bridgehead atoms. The van der Waals surface area contributed by atoms with Gasteiger partial charge in [-0.25, -0.2) is 0 Å². The van der Waals surface area contributed by atoms with Gasteiger partial charge in [-0.1, -0.05) is 12.1 Å². The van der Waals surface area contributed by atoms with Crippen LogP contribution >= 0.6 is 12.4 Å². The van der Waals surface area contributed by atoms with Crippen molar-refractivity contribution in [3.8, 4) is 5.75 Å². The van der Waals surface area contributed by atoms with E-state index in [0.29, 0.717) is 12.6 Å². The molecule has 23 heavy (non-hydrogen) atoms. The van der Waals surface area contributed by atoms with Crippen LogP contribution in [0.2, 0.25) is 0 Å². The average molecular weight is 341 g/mol. The summed E-state index contributed by atoms with van der Waals surface area (Å²) in [6.07, 6.45) is 5.20. The Morgan fingerprint density at radius 1 is 1.22 bits per heavy atom. The first-order valence-electron chi connectivity index (χ1n) is 8.57. The Kier molecular flexibility index (Phi) is 7.63. The standard InChI is InChI=1S/C18H28N2O2.ClH/c1-19-12-16-4-2-10-20(16)13-15-6-8-17(9-7-15)22-14-18-5-3-11-21-18;/h6-9,16,18-19H,2-5,10-14H2,1H3;1H. The largest absolute Gasteiger partial charge is 0.491 e. The lowest BCUT2D eigenvalue weighted by atomic mass is 10.1. The number of halogens is 1. The van der Waals surface area contributed by atoms with Crippen LogP contribution in [-0.4, -0.2) is 50.4 Å². The van der Waals surface area contributed by atoms with Gasteiger partial charge in [-0.2, -0.15) is 0 Å². The number of rotatable bonds is 7. The van der Waals surface area contributed by atoms with Gasteiger partial charge in [-0.3, -0.25) is 4.90 Å². The van der Waals surface area contributed by atoms with Crippen molar-refractivity contribution in [2.24, 2.45) is 0 Å². The Hall–Kier alpha value is -0.810. The lowest BCUT2D eigenvalue weighted by molar-refractivity contribution is 0.0679. The zero-order chi connectivity index (χ0) is 15.2. The molecule has 130 valence electrons. The minimum absolute atomic E-state index is 0. The van der Waals surface area contributed by atoms with E-state index in [4.69, 9.17) is 9.47 Å². The molecule has 5 heteroatoms. The fraction of sp³-hybridized carbons (Fsp3) is 0.667. The van der Waals surface area contributed by atoms with E-state index in [9.17, 15) is 0 Å². The maximum absolute atomic E-state index is 5.83. The molecule has 2 saturated heterocycles. The fourth-order valence-corrected chi connectivity index (χ4v) is 3.46. The van der Waals surface area contributed by atoms with Crippen LogP contribution in [0, 0.1) is 0 Å². The van der Waals surface area contributed by atoms with Crippen molar-refractivity contribution in [3.05, 3.63) is 29.8 Å². The van der Waals surface area contributed by atoms with Crippen LogP contribution in [0.25, 0.3) is 0 Å². The Labute approximate surface area is 145 Å². The van der Waals surface area contributed by atoms with Gasteiger partial charge in [0.2, 0.25) is 0 Å². The SMILES string of the molecule is CNCC1CCCN1Cc1ccc(OCC2CCCO2)cc1.Cl. The fourth-order valence-electron chi connectivity index (χ4n) is 3.46. The number of likely N-dealkylation sites (tertiary alicyclic amines) is 1. The van der Waals surface area contributed by atoms with Gasteiger partial charge in [0.1, 0.15) is 12.4 Å². The lowest BCUT2D eigenvalue weighted by Gasteiger charge is -2.24. The molecule has 2 aliphatic heterocycles. The Bertz CT molecular complexity index is 449. The van der Waals surface area contributed by atoms with Gasteiger partial charge in [-0.05, 0) is 57.0 Å². The zero-order valence-electron chi connectivity index (χ0n) is 14.0. The molecule has 0 aromatic heterocycles. The third kappa shape index (κ3) is 5.35. The van der Waals surface area contributed by atoms with Crippen LogP contribution in [0.15, 0.2) is 24.3 Å². The summed E-state index contributed by atoms with van der Waals surface area (Å²) in [7, 11) is 2.04. The first-order chi connectivity index (χ1) is 10.8. The number of hydrogen-bond donors (Lipinski definition) is 1. The maximum Gasteiger partial charge on any atom is 0.119 e. The van der Waals surface area contributed by atoms with E-state index in [1.165, 1.54) is 24.9 Å². The second kappa shape index (κ2) is 9.48. The Balaban J connectivity index is 0.00000192. The summed E-state index contributed by atoms with van der Waals surface area (Å²) in [6, 6.07) is 9.25. The van der Waals surface area contributed by atoms with Crippen LogP contribution in [0.3, 0.4) is 0 Å². The van der Waals surface area contributed by atoms with Crippen molar-refractivity contribution in [1.29, 1.82) is 0 Å². The molecule has 1 N–H and O–H groups in total. The molecule has 0 amide bonds. The molecule has 4 nitrogen and oxygen atoms in total. The van der Waals surface area contributed by atoms with Crippen LogP contribution < -0.4 is 10.1 Å². The summed E-state index contributed by atoms with van der Waals surface area (Å²) in [5.41, 5.74) is 1.37. The first kappa shape index (κ1) is 18.5. The molecule has 2 atom stereocenters. The average Bonchev–Trinajstić information content (AvgIpc) is 3.19. The number of ether oxygens (including phenoxy) is 2. The van der Waals surface area contributed by atoms with E-state index in [1.54, 1.807) is 0 Å². The maximum atomic E-state index is 5.83. The van der Waals surface area contributed by atoms with Gasteiger partial charge in [0.25, 0.3) is 0 Å². The van der Waals surface area contributed by atoms with Crippen LogP contribution in [0.4, 0.5) is 0 Å². The van der Waals surface area contributed by atoms with Gasteiger partial charge < -0.3 is 14.8 Å². The number of hydrogen-bond acceptors (Lipinski definition) is 4. The van der Waals surface area contributed by atoms with Crippen molar-refractivity contribution in [2.45, 2.75) is 44.4 Å². The van der Waals surface area contributed by atoms with E-state index in [2.05, 4.69) is 34.5 Å². The monoisotopic (exact) mass is 340 g/mol. The minimum atomic E-state index is 0. The molecule has 2 aliphatic rings. The Morgan fingerprint density at radius 3 is 2.74 bits per heavy atom. The van der Waals surface area contributed by atoms with Crippen molar-refractivity contribution in [3.63, 3.8) is 0 Å². The predicted octanol–water partition coefficient (Wildman–Crippen LogP) is 2.85. The quantitative estimate of drug-likeness (QED) is 0.827. The highest BCUT2D eigenvalue weighted by Gasteiger charge is 2.23. The first-order valence-corrected chi connectivity index (χ1v) is 8.57. The van der Waals surface area contributed by atoms with Gasteiger partial charge in [0.05, 0.1) is 6.10 Å². The molecule has 1 aromatic carbocycles. The summed E-state index contributed by atoms with van der Waals surface area (Å²) in [5, 5.41) is 3.30. The highest BCUT2D eigenvalue weighted by atomic mass is 35.5. The summed E-state index contributed by atoms with van der Waals surface area (Å²) in [5.74, 6) is 0.951. The molecule has 2 heterocycles.